The third-order valence-electron chi connectivity index (χ3n) is 6.01. The second kappa shape index (κ2) is 10.4. The van der Waals surface area contributed by atoms with Crippen molar-refractivity contribution in [3.8, 4) is 5.75 Å². The van der Waals surface area contributed by atoms with Crippen LogP contribution < -0.4 is 10.1 Å². The minimum atomic E-state index is -0.719. The van der Waals surface area contributed by atoms with E-state index in [0.717, 1.165) is 0 Å². The van der Waals surface area contributed by atoms with Gasteiger partial charge in [-0.2, -0.15) is 4.98 Å². The summed E-state index contributed by atoms with van der Waals surface area (Å²) in [5.41, 5.74) is 1.24. The van der Waals surface area contributed by atoms with Crippen LogP contribution >= 0.6 is 11.6 Å². The van der Waals surface area contributed by atoms with Gasteiger partial charge < -0.3 is 29.2 Å². The Kier molecular flexibility index (Phi) is 7.49. The van der Waals surface area contributed by atoms with Gasteiger partial charge in [0.1, 0.15) is 12.2 Å². The summed E-state index contributed by atoms with van der Waals surface area (Å²) in [6.07, 6.45) is 0.410. The zero-order valence-corrected chi connectivity index (χ0v) is 20.6. The lowest BCUT2D eigenvalue weighted by atomic mass is 10.0. The zero-order valence-electron chi connectivity index (χ0n) is 19.9. The van der Waals surface area contributed by atoms with Crippen LogP contribution in [0.1, 0.15) is 42.2 Å². The molecule has 4 rings (SSSR count). The predicted molar refractivity (Wildman–Crippen MR) is 131 cm³/mol. The third-order valence-corrected chi connectivity index (χ3v) is 6.24. The van der Waals surface area contributed by atoms with Crippen molar-refractivity contribution in [3.63, 3.8) is 0 Å². The number of ether oxygens (including phenoxy) is 2. The molecule has 1 saturated heterocycles. The molecule has 3 aromatic rings. The number of anilines is 1. The topological polar surface area (TPSA) is 97.1 Å². The number of amides is 1. The number of hydrogen-bond donors (Lipinski definition) is 2. The molecule has 0 saturated carbocycles. The monoisotopic (exact) mass is 505 g/mol. The SMILES string of the molecule is COc1cc(C(=O)N2CC(C)(C)OC[C@H]2CCO)cc2nc(NC(CF)c3cccc(Cl)c3)oc12. The molecule has 1 aromatic heterocycles. The van der Waals surface area contributed by atoms with E-state index in [4.69, 9.17) is 25.5 Å². The first-order chi connectivity index (χ1) is 16.7. The number of rotatable bonds is 8. The van der Waals surface area contributed by atoms with Crippen LogP contribution in [0.3, 0.4) is 0 Å². The van der Waals surface area contributed by atoms with Gasteiger partial charge in [-0.05, 0) is 50.1 Å². The standard InChI is InChI=1S/C25H29ClFN3O5/c1-25(2)14-30(18(7-8-31)13-34-25)23(32)16-10-19-22(21(11-16)33-3)35-24(28-19)29-20(12-27)15-5-4-6-17(26)9-15/h4-6,9-11,18,20,31H,7-8,12-14H2,1-3H3,(H,28,29)/t18-,20?/m1/s1. The van der Waals surface area contributed by atoms with Crippen LogP contribution in [0.2, 0.25) is 5.02 Å². The Hall–Kier alpha value is -2.88. The molecule has 188 valence electrons. The number of carbonyl (C=O) groups is 1. The Bertz CT molecular complexity index is 1200. The average Bonchev–Trinajstić information content (AvgIpc) is 3.25. The molecule has 2 heterocycles. The van der Waals surface area contributed by atoms with E-state index in [1.807, 2.05) is 13.8 Å². The maximum absolute atomic E-state index is 13.8. The van der Waals surface area contributed by atoms with E-state index in [2.05, 4.69) is 10.3 Å². The van der Waals surface area contributed by atoms with Gasteiger partial charge in [-0.15, -0.1) is 0 Å². The molecular weight excluding hydrogens is 477 g/mol. The first kappa shape index (κ1) is 25.2. The first-order valence-corrected chi connectivity index (χ1v) is 11.7. The number of fused-ring (bicyclic) bond motifs is 1. The molecule has 1 aliphatic rings. The number of morpholine rings is 1. The molecule has 2 N–H and O–H groups in total. The van der Waals surface area contributed by atoms with Crippen LogP contribution in [0.4, 0.5) is 10.4 Å². The Balaban J connectivity index is 1.65. The summed E-state index contributed by atoms with van der Waals surface area (Å²) in [4.78, 5) is 19.7. The highest BCUT2D eigenvalue weighted by Gasteiger charge is 2.37. The molecule has 1 amide bonds. The van der Waals surface area contributed by atoms with Gasteiger partial charge in [-0.3, -0.25) is 4.79 Å². The molecule has 0 bridgehead atoms. The Morgan fingerprint density at radius 3 is 2.89 bits per heavy atom. The predicted octanol–water partition coefficient (Wildman–Crippen LogP) is 4.61. The van der Waals surface area contributed by atoms with E-state index < -0.39 is 18.3 Å². The average molecular weight is 506 g/mol. The van der Waals surface area contributed by atoms with Gasteiger partial charge in [0, 0.05) is 23.7 Å². The van der Waals surface area contributed by atoms with Gasteiger partial charge in [0.2, 0.25) is 0 Å². The van der Waals surface area contributed by atoms with Crippen molar-refractivity contribution in [2.45, 2.75) is 38.0 Å². The quantitative estimate of drug-likeness (QED) is 0.461. The molecule has 2 atom stereocenters. The van der Waals surface area contributed by atoms with Crippen LogP contribution in [0.15, 0.2) is 40.8 Å². The number of alkyl halides is 1. The Morgan fingerprint density at radius 1 is 1.40 bits per heavy atom. The molecule has 1 unspecified atom stereocenters. The number of nitrogens with one attached hydrogen (secondary N) is 1. The van der Waals surface area contributed by atoms with Crippen molar-refractivity contribution in [1.29, 1.82) is 0 Å². The molecular formula is C25H29ClFN3O5. The number of methoxy groups -OCH3 is 1. The van der Waals surface area contributed by atoms with Crippen LogP contribution in [0.25, 0.3) is 11.1 Å². The molecule has 0 spiro atoms. The highest BCUT2D eigenvalue weighted by atomic mass is 35.5. The highest BCUT2D eigenvalue weighted by Crippen LogP contribution is 2.33. The number of aromatic nitrogens is 1. The van der Waals surface area contributed by atoms with Crippen molar-refractivity contribution in [1.82, 2.24) is 9.88 Å². The number of carbonyl (C=O) groups excluding carboxylic acids is 1. The number of benzene rings is 2. The molecule has 0 aliphatic carbocycles. The molecule has 35 heavy (non-hydrogen) atoms. The normalized spacial score (nSPS) is 18.5. The summed E-state index contributed by atoms with van der Waals surface area (Å²) in [6.45, 7) is 3.79. The van der Waals surface area contributed by atoms with Gasteiger partial charge in [-0.25, -0.2) is 4.39 Å². The summed E-state index contributed by atoms with van der Waals surface area (Å²) in [7, 11) is 1.47. The van der Waals surface area contributed by atoms with Gasteiger partial charge in [0.15, 0.2) is 11.3 Å². The maximum atomic E-state index is 13.8. The summed E-state index contributed by atoms with van der Waals surface area (Å²) < 4.78 is 31.0. The molecule has 1 fully saturated rings. The number of nitrogens with zero attached hydrogens (tertiary/aromatic N) is 2. The Labute approximate surface area is 208 Å². The van der Waals surface area contributed by atoms with Crippen molar-refractivity contribution in [2.75, 3.05) is 38.9 Å². The van der Waals surface area contributed by atoms with E-state index in [-0.39, 0.29) is 24.6 Å². The van der Waals surface area contributed by atoms with Gasteiger partial charge in [0.25, 0.3) is 11.9 Å². The second-order valence-corrected chi connectivity index (χ2v) is 9.56. The van der Waals surface area contributed by atoms with E-state index >= 15 is 0 Å². The van der Waals surface area contributed by atoms with E-state index in [0.29, 0.717) is 52.6 Å². The van der Waals surface area contributed by atoms with Crippen molar-refractivity contribution >= 4 is 34.6 Å². The second-order valence-electron chi connectivity index (χ2n) is 9.12. The highest BCUT2D eigenvalue weighted by molar-refractivity contribution is 6.30. The minimum Gasteiger partial charge on any atom is -0.493 e. The van der Waals surface area contributed by atoms with E-state index in [1.54, 1.807) is 41.3 Å². The van der Waals surface area contributed by atoms with Crippen LogP contribution in [-0.4, -0.2) is 66.1 Å². The number of halogens is 2. The summed E-state index contributed by atoms with van der Waals surface area (Å²) in [6, 6.07) is 9.23. The molecule has 1 aliphatic heterocycles. The summed E-state index contributed by atoms with van der Waals surface area (Å²) in [5.74, 6) is 0.107. The Morgan fingerprint density at radius 2 is 2.20 bits per heavy atom. The third kappa shape index (κ3) is 5.52. The van der Waals surface area contributed by atoms with E-state index in [9.17, 15) is 14.3 Å². The summed E-state index contributed by atoms with van der Waals surface area (Å²) >= 11 is 6.05. The molecule has 10 heteroatoms. The fourth-order valence-corrected chi connectivity index (χ4v) is 4.41. The van der Waals surface area contributed by atoms with Gasteiger partial charge in [0.05, 0.1) is 31.4 Å². The lowest BCUT2D eigenvalue weighted by molar-refractivity contribution is -0.105. The fraction of sp³-hybridized carbons (Fsp3) is 0.440. The van der Waals surface area contributed by atoms with Crippen molar-refractivity contribution in [3.05, 3.63) is 52.5 Å². The van der Waals surface area contributed by atoms with Crippen molar-refractivity contribution in [2.24, 2.45) is 0 Å². The zero-order chi connectivity index (χ0) is 25.2. The summed E-state index contributed by atoms with van der Waals surface area (Å²) in [5, 5.41) is 12.9. The smallest absolute Gasteiger partial charge is 0.296 e. The van der Waals surface area contributed by atoms with Gasteiger partial charge in [-0.1, -0.05) is 23.7 Å². The lowest BCUT2D eigenvalue weighted by Crippen LogP contribution is -2.56. The van der Waals surface area contributed by atoms with Crippen LogP contribution in [0.5, 0.6) is 5.75 Å². The number of oxazole rings is 1. The first-order valence-electron chi connectivity index (χ1n) is 11.4. The molecule has 0 radical (unpaired) electrons. The van der Waals surface area contributed by atoms with Crippen LogP contribution in [0, 0.1) is 0 Å². The van der Waals surface area contributed by atoms with E-state index in [1.165, 1.54) is 7.11 Å². The molecule has 8 nitrogen and oxygen atoms in total. The van der Waals surface area contributed by atoms with Gasteiger partial charge >= 0.3 is 0 Å². The number of aliphatic hydroxyl groups is 1. The number of aliphatic hydroxyl groups excluding tert-OH is 1. The number of hydrogen-bond acceptors (Lipinski definition) is 7. The molecule has 2 aromatic carbocycles. The fourth-order valence-electron chi connectivity index (χ4n) is 4.21. The minimum absolute atomic E-state index is 0.0543. The lowest BCUT2D eigenvalue weighted by Gasteiger charge is -2.43. The largest absolute Gasteiger partial charge is 0.493 e. The van der Waals surface area contributed by atoms with Crippen molar-refractivity contribution < 1.29 is 28.2 Å². The maximum Gasteiger partial charge on any atom is 0.296 e. The van der Waals surface area contributed by atoms with Crippen LogP contribution in [-0.2, 0) is 4.74 Å².